The second-order valence-corrected chi connectivity index (χ2v) is 4.40. The van der Waals surface area contributed by atoms with Crippen LogP contribution in [0.2, 0.25) is 0 Å². The Balaban J connectivity index is 2.26. The van der Waals surface area contributed by atoms with Crippen molar-refractivity contribution in [3.63, 3.8) is 0 Å². The molecule has 0 bridgehead atoms. The summed E-state index contributed by atoms with van der Waals surface area (Å²) in [6, 6.07) is 1.68. The van der Waals surface area contributed by atoms with Crippen LogP contribution in [0.4, 0.5) is 0 Å². The number of carbonyl (C=O) groups excluding carboxylic acids is 1. The van der Waals surface area contributed by atoms with E-state index in [2.05, 4.69) is 4.98 Å². The number of rotatable bonds is 4. The lowest BCUT2D eigenvalue weighted by atomic mass is 10.2. The van der Waals surface area contributed by atoms with Gasteiger partial charge in [0.15, 0.2) is 0 Å². The Bertz CT molecular complexity index is 428. The number of hydrogen-bond donors (Lipinski definition) is 1. The lowest BCUT2D eigenvalue weighted by molar-refractivity contribution is 0.0821. The van der Waals surface area contributed by atoms with Crippen LogP contribution in [0.15, 0.2) is 12.3 Å². The van der Waals surface area contributed by atoms with Crippen LogP contribution in [-0.2, 0) is 6.54 Å². The summed E-state index contributed by atoms with van der Waals surface area (Å²) in [5.41, 5.74) is 6.85. The number of hydrogen-bond acceptors (Lipinski definition) is 4. The van der Waals surface area contributed by atoms with Crippen LogP contribution in [0, 0.1) is 0 Å². The summed E-state index contributed by atoms with van der Waals surface area (Å²) in [5.74, 6) is 0.560. The van der Waals surface area contributed by atoms with Crippen molar-refractivity contribution in [3.05, 3.63) is 23.5 Å². The second-order valence-electron chi connectivity index (χ2n) is 4.40. The highest BCUT2D eigenvalue weighted by atomic mass is 16.5. The molecule has 1 aromatic heterocycles. The van der Waals surface area contributed by atoms with E-state index in [1.165, 1.54) is 4.90 Å². The molecule has 0 aromatic carbocycles. The topological polar surface area (TPSA) is 68.5 Å². The van der Waals surface area contributed by atoms with Crippen molar-refractivity contribution in [3.8, 4) is 5.75 Å². The van der Waals surface area contributed by atoms with Crippen LogP contribution in [0.1, 0.15) is 28.9 Å². The average molecular weight is 235 g/mol. The van der Waals surface area contributed by atoms with Crippen LogP contribution in [0.5, 0.6) is 5.75 Å². The minimum Gasteiger partial charge on any atom is -0.490 e. The van der Waals surface area contributed by atoms with Crippen LogP contribution in [0.25, 0.3) is 0 Å². The predicted molar refractivity (Wildman–Crippen MR) is 63.8 cm³/mol. The Kier molecular flexibility index (Phi) is 3.28. The molecule has 1 heterocycles. The molecule has 92 valence electrons. The van der Waals surface area contributed by atoms with E-state index in [0.717, 1.165) is 18.4 Å². The third-order valence-electron chi connectivity index (χ3n) is 2.61. The van der Waals surface area contributed by atoms with Crippen LogP contribution < -0.4 is 10.5 Å². The molecule has 0 atom stereocenters. The van der Waals surface area contributed by atoms with E-state index in [-0.39, 0.29) is 12.0 Å². The summed E-state index contributed by atoms with van der Waals surface area (Å²) in [5, 5.41) is 0. The Morgan fingerprint density at radius 1 is 1.59 bits per heavy atom. The molecular formula is C12H17N3O2. The van der Waals surface area contributed by atoms with Crippen LogP contribution in [-0.4, -0.2) is 36.0 Å². The lowest BCUT2D eigenvalue weighted by Crippen LogP contribution is -2.23. The number of ether oxygens (including phenoxy) is 1. The van der Waals surface area contributed by atoms with Gasteiger partial charge in [-0.15, -0.1) is 0 Å². The van der Waals surface area contributed by atoms with Gasteiger partial charge in [0.1, 0.15) is 11.4 Å². The summed E-state index contributed by atoms with van der Waals surface area (Å²) in [6.45, 7) is 0.367. The predicted octanol–water partition coefficient (Wildman–Crippen LogP) is 0.783. The van der Waals surface area contributed by atoms with Gasteiger partial charge in [0, 0.05) is 38.5 Å². The summed E-state index contributed by atoms with van der Waals surface area (Å²) in [4.78, 5) is 17.4. The van der Waals surface area contributed by atoms with E-state index in [1.807, 2.05) is 0 Å². The maximum absolute atomic E-state index is 11.8. The molecule has 1 fully saturated rings. The molecule has 1 aliphatic carbocycles. The Morgan fingerprint density at radius 3 is 2.82 bits per heavy atom. The molecule has 0 aliphatic heterocycles. The van der Waals surface area contributed by atoms with Gasteiger partial charge in [0.2, 0.25) is 0 Å². The molecule has 0 radical (unpaired) electrons. The summed E-state index contributed by atoms with van der Waals surface area (Å²) in [7, 11) is 3.39. The molecule has 0 saturated heterocycles. The lowest BCUT2D eigenvalue weighted by Gasteiger charge is -2.13. The minimum absolute atomic E-state index is 0.130. The van der Waals surface area contributed by atoms with Crippen molar-refractivity contribution in [2.24, 2.45) is 5.73 Å². The summed E-state index contributed by atoms with van der Waals surface area (Å²) < 4.78 is 5.73. The number of nitrogens with two attached hydrogens (primary N) is 1. The first-order valence-corrected chi connectivity index (χ1v) is 5.69. The van der Waals surface area contributed by atoms with E-state index in [0.29, 0.717) is 18.0 Å². The molecule has 1 aliphatic rings. The fourth-order valence-corrected chi connectivity index (χ4v) is 1.44. The highest BCUT2D eigenvalue weighted by molar-refractivity contribution is 5.92. The normalized spacial score (nSPS) is 14.5. The molecule has 2 rings (SSSR count). The van der Waals surface area contributed by atoms with Crippen LogP contribution >= 0.6 is 0 Å². The highest BCUT2D eigenvalue weighted by Gasteiger charge is 2.25. The van der Waals surface area contributed by atoms with Gasteiger partial charge in [-0.25, -0.2) is 0 Å². The van der Waals surface area contributed by atoms with Gasteiger partial charge >= 0.3 is 0 Å². The quantitative estimate of drug-likeness (QED) is 0.837. The summed E-state index contributed by atoms with van der Waals surface area (Å²) >= 11 is 0. The largest absolute Gasteiger partial charge is 0.490 e. The maximum atomic E-state index is 11.8. The average Bonchev–Trinajstić information content (AvgIpc) is 3.11. The molecule has 5 nitrogen and oxygen atoms in total. The van der Waals surface area contributed by atoms with Gasteiger partial charge in [0.05, 0.1) is 6.10 Å². The molecule has 1 amide bonds. The molecule has 0 spiro atoms. The third kappa shape index (κ3) is 2.74. The number of carbonyl (C=O) groups is 1. The van der Waals surface area contributed by atoms with Crippen molar-refractivity contribution in [2.45, 2.75) is 25.5 Å². The van der Waals surface area contributed by atoms with Crippen LogP contribution in [0.3, 0.4) is 0 Å². The van der Waals surface area contributed by atoms with Gasteiger partial charge < -0.3 is 15.4 Å². The monoisotopic (exact) mass is 235 g/mol. The summed E-state index contributed by atoms with van der Waals surface area (Å²) in [6.07, 6.45) is 4.05. The highest BCUT2D eigenvalue weighted by Crippen LogP contribution is 2.29. The van der Waals surface area contributed by atoms with Crippen molar-refractivity contribution in [1.82, 2.24) is 9.88 Å². The zero-order valence-electron chi connectivity index (χ0n) is 10.1. The zero-order chi connectivity index (χ0) is 12.4. The Hall–Kier alpha value is -1.62. The van der Waals surface area contributed by atoms with Crippen molar-refractivity contribution in [2.75, 3.05) is 14.1 Å². The molecule has 17 heavy (non-hydrogen) atoms. The van der Waals surface area contributed by atoms with E-state index < -0.39 is 0 Å². The Labute approximate surface area is 101 Å². The van der Waals surface area contributed by atoms with E-state index >= 15 is 0 Å². The number of pyridine rings is 1. The first kappa shape index (κ1) is 11.9. The van der Waals surface area contributed by atoms with Crippen molar-refractivity contribution < 1.29 is 9.53 Å². The second kappa shape index (κ2) is 4.71. The van der Waals surface area contributed by atoms with E-state index in [1.54, 1.807) is 26.4 Å². The third-order valence-corrected chi connectivity index (χ3v) is 2.61. The van der Waals surface area contributed by atoms with Gasteiger partial charge in [-0.1, -0.05) is 0 Å². The first-order chi connectivity index (χ1) is 8.11. The first-order valence-electron chi connectivity index (χ1n) is 5.69. The molecule has 2 N–H and O–H groups in total. The van der Waals surface area contributed by atoms with Gasteiger partial charge in [-0.3, -0.25) is 9.78 Å². The zero-order valence-corrected chi connectivity index (χ0v) is 10.1. The molecule has 1 saturated carbocycles. The molecule has 5 heteroatoms. The van der Waals surface area contributed by atoms with Gasteiger partial charge in [-0.2, -0.15) is 0 Å². The maximum Gasteiger partial charge on any atom is 0.272 e. The van der Waals surface area contributed by atoms with E-state index in [4.69, 9.17) is 10.5 Å². The number of amides is 1. The van der Waals surface area contributed by atoms with Gasteiger partial charge in [0.25, 0.3) is 5.91 Å². The van der Waals surface area contributed by atoms with Crippen molar-refractivity contribution >= 4 is 5.91 Å². The molecular weight excluding hydrogens is 218 g/mol. The SMILES string of the molecule is CN(C)C(=O)c1cc(OC2CC2)c(CN)cn1. The number of nitrogens with zero attached hydrogens (tertiary/aromatic N) is 2. The molecule has 1 aromatic rings. The van der Waals surface area contributed by atoms with Crippen molar-refractivity contribution in [1.29, 1.82) is 0 Å². The van der Waals surface area contributed by atoms with E-state index in [9.17, 15) is 4.79 Å². The fourth-order valence-electron chi connectivity index (χ4n) is 1.44. The van der Waals surface area contributed by atoms with Gasteiger partial charge in [-0.05, 0) is 12.8 Å². The minimum atomic E-state index is -0.130. The number of aromatic nitrogens is 1. The Morgan fingerprint density at radius 2 is 2.29 bits per heavy atom. The molecule has 0 unspecified atom stereocenters. The smallest absolute Gasteiger partial charge is 0.272 e. The standard InChI is InChI=1S/C12H17N3O2/c1-15(2)12(16)10-5-11(17-9-3-4-9)8(6-13)7-14-10/h5,7,9H,3-4,6,13H2,1-2H3. The fraction of sp³-hybridized carbons (Fsp3) is 0.500.